The number of carboxylic acids is 1. The van der Waals surface area contributed by atoms with Crippen molar-refractivity contribution in [3.05, 3.63) is 53.6 Å². The van der Waals surface area contributed by atoms with Crippen LogP contribution in [0.25, 0.3) is 0 Å². The third-order valence-corrected chi connectivity index (χ3v) is 4.90. The van der Waals surface area contributed by atoms with Crippen LogP contribution in [0.5, 0.6) is 11.5 Å². The number of carbonyl (C=O) groups excluding carboxylic acids is 1. The number of aryl methyl sites for hydroxylation is 1. The number of para-hydroxylation sites is 1. The molecule has 2 aromatic carbocycles. The smallest absolute Gasteiger partial charge is 0.312 e. The van der Waals surface area contributed by atoms with Crippen molar-refractivity contribution in [3.63, 3.8) is 0 Å². The number of ether oxygens (including phenoxy) is 2. The number of methoxy groups -OCH3 is 2. The second-order valence-electron chi connectivity index (χ2n) is 6.49. The van der Waals surface area contributed by atoms with Crippen LogP contribution in [0.4, 0.5) is 5.69 Å². The number of benzene rings is 2. The zero-order valence-corrected chi connectivity index (χ0v) is 15.5. The molecular formula is C21H23NO5. The Morgan fingerprint density at radius 1 is 1.15 bits per heavy atom. The van der Waals surface area contributed by atoms with E-state index in [4.69, 9.17) is 9.47 Å². The molecule has 6 nitrogen and oxygen atoms in total. The van der Waals surface area contributed by atoms with Crippen LogP contribution in [-0.4, -0.2) is 37.7 Å². The minimum Gasteiger partial charge on any atom is -0.497 e. The molecule has 6 heteroatoms. The van der Waals surface area contributed by atoms with Gasteiger partial charge in [-0.3, -0.25) is 9.59 Å². The Morgan fingerprint density at radius 3 is 2.63 bits per heavy atom. The maximum absolute atomic E-state index is 12.7. The Morgan fingerprint density at radius 2 is 1.93 bits per heavy atom. The Hall–Kier alpha value is -3.02. The topological polar surface area (TPSA) is 76.1 Å². The molecule has 1 heterocycles. The summed E-state index contributed by atoms with van der Waals surface area (Å²) in [5.74, 6) is -0.162. The number of rotatable bonds is 7. The molecule has 1 amide bonds. The van der Waals surface area contributed by atoms with Crippen molar-refractivity contribution in [1.82, 2.24) is 0 Å². The van der Waals surface area contributed by atoms with Gasteiger partial charge in [0.2, 0.25) is 5.91 Å². The van der Waals surface area contributed by atoms with E-state index >= 15 is 0 Å². The van der Waals surface area contributed by atoms with Crippen LogP contribution >= 0.6 is 0 Å². The molecule has 1 unspecified atom stereocenters. The fourth-order valence-electron chi connectivity index (χ4n) is 3.48. The summed E-state index contributed by atoms with van der Waals surface area (Å²) >= 11 is 0. The van der Waals surface area contributed by atoms with Gasteiger partial charge in [-0.15, -0.1) is 0 Å². The summed E-state index contributed by atoms with van der Waals surface area (Å²) in [6, 6.07) is 12.9. The van der Waals surface area contributed by atoms with E-state index in [2.05, 4.69) is 0 Å². The molecule has 0 aliphatic carbocycles. The number of aliphatic carboxylic acids is 1. The van der Waals surface area contributed by atoms with Crippen LogP contribution in [0.1, 0.15) is 29.9 Å². The average Bonchev–Trinajstić information content (AvgIpc) is 3.08. The predicted molar refractivity (Wildman–Crippen MR) is 102 cm³/mol. The van der Waals surface area contributed by atoms with E-state index < -0.39 is 11.9 Å². The van der Waals surface area contributed by atoms with Gasteiger partial charge in [-0.2, -0.15) is 0 Å². The zero-order chi connectivity index (χ0) is 19.4. The van der Waals surface area contributed by atoms with Crippen molar-refractivity contribution in [1.29, 1.82) is 0 Å². The molecule has 0 bridgehead atoms. The predicted octanol–water partition coefficient (Wildman–Crippen LogP) is 3.24. The van der Waals surface area contributed by atoms with Gasteiger partial charge in [0.1, 0.15) is 17.4 Å². The molecule has 3 rings (SSSR count). The quantitative estimate of drug-likeness (QED) is 0.811. The molecule has 1 aliphatic rings. The lowest BCUT2D eigenvalue weighted by atomic mass is 10.0. The van der Waals surface area contributed by atoms with Gasteiger partial charge in [-0.05, 0) is 36.1 Å². The molecule has 1 N–H and O–H groups in total. The van der Waals surface area contributed by atoms with E-state index in [-0.39, 0.29) is 12.5 Å². The number of carbonyl (C=O) groups is 2. The SMILES string of the molecule is COc1ccc(CCCC(=O)N2CC(C(=O)O)c3ccccc32)c(OC)c1. The Kier molecular flexibility index (Phi) is 5.64. The molecule has 2 aromatic rings. The molecule has 0 saturated carbocycles. The second kappa shape index (κ2) is 8.12. The zero-order valence-electron chi connectivity index (χ0n) is 15.5. The van der Waals surface area contributed by atoms with E-state index in [1.165, 1.54) is 0 Å². The highest BCUT2D eigenvalue weighted by Crippen LogP contribution is 2.36. The molecule has 0 radical (unpaired) electrons. The number of carboxylic acid groups (broad SMARTS) is 1. The maximum Gasteiger partial charge on any atom is 0.312 e. The van der Waals surface area contributed by atoms with Crippen molar-refractivity contribution in [2.24, 2.45) is 0 Å². The van der Waals surface area contributed by atoms with Crippen LogP contribution in [0.15, 0.2) is 42.5 Å². The third kappa shape index (κ3) is 3.89. The third-order valence-electron chi connectivity index (χ3n) is 4.90. The number of hydrogen-bond donors (Lipinski definition) is 1. The molecule has 27 heavy (non-hydrogen) atoms. The Bertz CT molecular complexity index is 848. The fourth-order valence-corrected chi connectivity index (χ4v) is 3.48. The normalized spacial score (nSPS) is 15.3. The first kappa shape index (κ1) is 18.8. The minimum atomic E-state index is -0.902. The number of amides is 1. The number of fused-ring (bicyclic) bond motifs is 1. The van der Waals surface area contributed by atoms with E-state index in [0.717, 1.165) is 17.1 Å². The van der Waals surface area contributed by atoms with Crippen LogP contribution in [-0.2, 0) is 16.0 Å². The summed E-state index contributed by atoms with van der Waals surface area (Å²) in [4.78, 5) is 25.8. The highest BCUT2D eigenvalue weighted by atomic mass is 16.5. The highest BCUT2D eigenvalue weighted by molar-refractivity contribution is 5.98. The van der Waals surface area contributed by atoms with E-state index in [1.807, 2.05) is 30.3 Å². The number of nitrogens with zero attached hydrogens (tertiary/aromatic N) is 1. The van der Waals surface area contributed by atoms with Gasteiger partial charge in [0.25, 0.3) is 0 Å². The van der Waals surface area contributed by atoms with Crippen LogP contribution in [0, 0.1) is 0 Å². The Balaban J connectivity index is 1.65. The van der Waals surface area contributed by atoms with Crippen molar-refractivity contribution in [3.8, 4) is 11.5 Å². The van der Waals surface area contributed by atoms with Crippen LogP contribution < -0.4 is 14.4 Å². The summed E-state index contributed by atoms with van der Waals surface area (Å²) in [6.07, 6.45) is 1.69. The van der Waals surface area contributed by atoms with Crippen molar-refractivity contribution in [2.45, 2.75) is 25.2 Å². The van der Waals surface area contributed by atoms with Gasteiger partial charge in [-0.25, -0.2) is 0 Å². The van der Waals surface area contributed by atoms with Gasteiger partial charge < -0.3 is 19.5 Å². The molecule has 1 atom stereocenters. The lowest BCUT2D eigenvalue weighted by Crippen LogP contribution is -2.31. The van der Waals surface area contributed by atoms with Crippen molar-refractivity contribution >= 4 is 17.6 Å². The average molecular weight is 369 g/mol. The van der Waals surface area contributed by atoms with Crippen LogP contribution in [0.3, 0.4) is 0 Å². The molecule has 0 aromatic heterocycles. The molecule has 0 spiro atoms. The second-order valence-corrected chi connectivity index (χ2v) is 6.49. The summed E-state index contributed by atoms with van der Waals surface area (Å²) in [6.45, 7) is 0.194. The number of anilines is 1. The lowest BCUT2D eigenvalue weighted by molar-refractivity contribution is -0.138. The highest BCUT2D eigenvalue weighted by Gasteiger charge is 2.35. The van der Waals surface area contributed by atoms with Crippen molar-refractivity contribution < 1.29 is 24.2 Å². The van der Waals surface area contributed by atoms with Gasteiger partial charge in [-0.1, -0.05) is 24.3 Å². The molecule has 1 aliphatic heterocycles. The van der Waals surface area contributed by atoms with E-state index in [9.17, 15) is 14.7 Å². The standard InChI is InChI=1S/C21H23NO5/c1-26-15-11-10-14(19(12-15)27-2)6-5-9-20(23)22-13-17(21(24)25)16-7-3-4-8-18(16)22/h3-4,7-8,10-12,17H,5-6,9,13H2,1-2H3,(H,24,25). The van der Waals surface area contributed by atoms with Gasteiger partial charge >= 0.3 is 5.97 Å². The molecule has 142 valence electrons. The minimum absolute atomic E-state index is 0.0568. The molecular weight excluding hydrogens is 346 g/mol. The summed E-state index contributed by atoms with van der Waals surface area (Å²) in [5.41, 5.74) is 2.42. The first-order valence-corrected chi connectivity index (χ1v) is 8.88. The summed E-state index contributed by atoms with van der Waals surface area (Å²) < 4.78 is 10.6. The van der Waals surface area contributed by atoms with Gasteiger partial charge in [0, 0.05) is 24.7 Å². The lowest BCUT2D eigenvalue weighted by Gasteiger charge is -2.17. The van der Waals surface area contributed by atoms with E-state index in [1.54, 1.807) is 31.3 Å². The van der Waals surface area contributed by atoms with Gasteiger partial charge in [0.05, 0.1) is 14.2 Å². The number of hydrogen-bond acceptors (Lipinski definition) is 4. The molecule has 0 fully saturated rings. The fraction of sp³-hybridized carbons (Fsp3) is 0.333. The van der Waals surface area contributed by atoms with Crippen LogP contribution in [0.2, 0.25) is 0 Å². The first-order chi connectivity index (χ1) is 13.0. The van der Waals surface area contributed by atoms with Crippen molar-refractivity contribution in [2.75, 3.05) is 25.7 Å². The Labute approximate surface area is 158 Å². The first-order valence-electron chi connectivity index (χ1n) is 8.88. The summed E-state index contributed by atoms with van der Waals surface area (Å²) in [5, 5.41) is 9.42. The van der Waals surface area contributed by atoms with Gasteiger partial charge in [0.15, 0.2) is 0 Å². The maximum atomic E-state index is 12.7. The summed E-state index contributed by atoms with van der Waals surface area (Å²) in [7, 11) is 3.21. The monoisotopic (exact) mass is 369 g/mol. The van der Waals surface area contributed by atoms with E-state index in [0.29, 0.717) is 30.5 Å². The largest absolute Gasteiger partial charge is 0.497 e. The molecule has 0 saturated heterocycles.